The molecule has 4 atom stereocenters. The summed E-state index contributed by atoms with van der Waals surface area (Å²) in [6.07, 6.45) is 3.66. The number of ether oxygens (including phenoxy) is 2. The molecule has 2 fully saturated rings. The monoisotopic (exact) mass is 298 g/mol. The predicted molar refractivity (Wildman–Crippen MR) is 81.6 cm³/mol. The van der Waals surface area contributed by atoms with Gasteiger partial charge in [-0.3, -0.25) is 9.59 Å². The lowest BCUT2D eigenvalue weighted by molar-refractivity contribution is -0.148. The van der Waals surface area contributed by atoms with Gasteiger partial charge >= 0.3 is 11.9 Å². The van der Waals surface area contributed by atoms with E-state index in [0.29, 0.717) is 36.9 Å². The van der Waals surface area contributed by atoms with Crippen molar-refractivity contribution in [3.63, 3.8) is 0 Å². The smallest absolute Gasteiger partial charge is 0.302 e. The van der Waals surface area contributed by atoms with Crippen molar-refractivity contribution >= 4 is 11.9 Å². The molecule has 0 saturated heterocycles. The summed E-state index contributed by atoms with van der Waals surface area (Å²) in [5, 5.41) is 0. The number of fused-ring (bicyclic) bond motifs is 2. The molecule has 0 aromatic heterocycles. The fourth-order valence-corrected chi connectivity index (χ4v) is 3.48. The van der Waals surface area contributed by atoms with Gasteiger partial charge in [0.2, 0.25) is 0 Å². The lowest BCUT2D eigenvalue weighted by Gasteiger charge is -2.30. The van der Waals surface area contributed by atoms with Crippen molar-refractivity contribution in [2.45, 2.75) is 53.9 Å². The summed E-state index contributed by atoms with van der Waals surface area (Å²) in [7, 11) is 0. The van der Waals surface area contributed by atoms with Crippen molar-refractivity contribution in [3.05, 3.63) is 0 Å². The maximum atomic E-state index is 10.9. The summed E-state index contributed by atoms with van der Waals surface area (Å²) in [6, 6.07) is 0. The molecule has 2 bridgehead atoms. The highest BCUT2D eigenvalue weighted by atomic mass is 16.5. The third kappa shape index (κ3) is 6.06. The zero-order valence-electron chi connectivity index (χ0n) is 14.1. The Kier molecular flexibility index (Phi) is 7.20. The molecule has 0 radical (unpaired) electrons. The summed E-state index contributed by atoms with van der Waals surface area (Å²) < 4.78 is 10.3. The number of rotatable bonds is 4. The molecular formula is C17H30O4. The first-order chi connectivity index (χ1) is 9.81. The zero-order chi connectivity index (χ0) is 16.0. The first-order valence-corrected chi connectivity index (χ1v) is 8.08. The minimum absolute atomic E-state index is 0.223. The van der Waals surface area contributed by atoms with E-state index >= 15 is 0 Å². The van der Waals surface area contributed by atoms with E-state index in [1.165, 1.54) is 33.1 Å². The second-order valence-electron chi connectivity index (χ2n) is 7.00. The largest absolute Gasteiger partial charge is 0.466 e. The molecular weight excluding hydrogens is 268 g/mol. The third-order valence-electron chi connectivity index (χ3n) is 4.23. The van der Waals surface area contributed by atoms with Gasteiger partial charge in [-0.25, -0.2) is 0 Å². The van der Waals surface area contributed by atoms with Gasteiger partial charge in [0.15, 0.2) is 0 Å². The van der Waals surface area contributed by atoms with Gasteiger partial charge in [0.1, 0.15) is 0 Å². The van der Waals surface area contributed by atoms with E-state index < -0.39 is 0 Å². The molecule has 2 aliphatic rings. The van der Waals surface area contributed by atoms with Gasteiger partial charge in [0.05, 0.1) is 13.2 Å². The summed E-state index contributed by atoms with van der Waals surface area (Å²) in [6.45, 7) is 10.4. The fraction of sp³-hybridized carbons (Fsp3) is 0.882. The molecule has 21 heavy (non-hydrogen) atoms. The van der Waals surface area contributed by atoms with E-state index in [9.17, 15) is 9.59 Å². The van der Waals surface area contributed by atoms with Gasteiger partial charge in [-0.2, -0.15) is 0 Å². The van der Waals surface area contributed by atoms with Crippen molar-refractivity contribution in [2.75, 3.05) is 13.2 Å². The van der Waals surface area contributed by atoms with Crippen LogP contribution in [0, 0.1) is 29.6 Å². The predicted octanol–water partition coefficient (Wildman–Crippen LogP) is 3.44. The number of carbonyl (C=O) groups excluding carboxylic acids is 2. The van der Waals surface area contributed by atoms with Crippen molar-refractivity contribution in [1.82, 2.24) is 0 Å². The Bertz CT molecular complexity index is 318. The van der Waals surface area contributed by atoms with Crippen LogP contribution in [0.1, 0.15) is 53.9 Å². The number of esters is 2. The van der Waals surface area contributed by atoms with Crippen molar-refractivity contribution < 1.29 is 19.1 Å². The third-order valence-corrected chi connectivity index (χ3v) is 4.23. The summed E-state index contributed by atoms with van der Waals surface area (Å²) in [4.78, 5) is 21.7. The Balaban J connectivity index is 0.000000491. The van der Waals surface area contributed by atoms with Crippen molar-refractivity contribution in [2.24, 2.45) is 29.6 Å². The highest BCUT2D eigenvalue weighted by molar-refractivity contribution is 5.66. The summed E-state index contributed by atoms with van der Waals surface area (Å²) in [5.74, 6) is 2.46. The molecule has 0 heterocycles. The fourth-order valence-electron chi connectivity index (χ4n) is 3.48. The van der Waals surface area contributed by atoms with E-state index in [1.54, 1.807) is 0 Å². The van der Waals surface area contributed by atoms with Crippen LogP contribution in [0.4, 0.5) is 0 Å². The molecule has 0 aliphatic heterocycles. The highest BCUT2D eigenvalue weighted by Gasteiger charge is 2.48. The molecule has 0 amide bonds. The molecule has 2 saturated carbocycles. The molecule has 0 aromatic rings. The van der Waals surface area contributed by atoms with Gasteiger partial charge in [-0.15, -0.1) is 0 Å². The number of hydrogen-bond acceptors (Lipinski definition) is 4. The normalized spacial score (nSPS) is 29.8. The van der Waals surface area contributed by atoms with Gasteiger partial charge in [-0.05, 0) is 37.0 Å². The van der Waals surface area contributed by atoms with Crippen LogP contribution in [-0.4, -0.2) is 25.2 Å². The quantitative estimate of drug-likeness (QED) is 0.746. The van der Waals surface area contributed by atoms with Crippen molar-refractivity contribution in [1.29, 1.82) is 0 Å². The van der Waals surface area contributed by atoms with E-state index in [4.69, 9.17) is 9.47 Å². The lowest BCUT2D eigenvalue weighted by atomic mass is 9.80. The Morgan fingerprint density at radius 1 is 0.905 bits per heavy atom. The average molecular weight is 298 g/mol. The van der Waals surface area contributed by atoms with Crippen LogP contribution in [0.5, 0.6) is 0 Å². The number of carbonyl (C=O) groups is 2. The summed E-state index contributed by atoms with van der Waals surface area (Å²) >= 11 is 0. The Morgan fingerprint density at radius 3 is 1.52 bits per heavy atom. The Hall–Kier alpha value is -1.06. The van der Waals surface area contributed by atoms with E-state index in [-0.39, 0.29) is 11.9 Å². The van der Waals surface area contributed by atoms with E-state index in [1.807, 2.05) is 0 Å². The van der Waals surface area contributed by atoms with Crippen LogP contribution in [-0.2, 0) is 19.1 Å². The maximum Gasteiger partial charge on any atom is 0.302 e. The molecule has 4 heteroatoms. The molecule has 122 valence electrons. The second kappa shape index (κ2) is 8.40. The zero-order valence-corrected chi connectivity index (χ0v) is 14.1. The van der Waals surface area contributed by atoms with Crippen LogP contribution in [0.2, 0.25) is 0 Å². The minimum atomic E-state index is -0.223. The van der Waals surface area contributed by atoms with Gasteiger partial charge in [0.25, 0.3) is 0 Å². The molecule has 2 aliphatic carbocycles. The van der Waals surface area contributed by atoms with E-state index in [0.717, 1.165) is 5.92 Å². The average Bonchev–Trinajstić information content (AvgIpc) is 2.93. The SMILES string of the molecule is CC(=O)OCC1C2CCC(C2)C1COC(C)=O.CC(C)C. The second-order valence-corrected chi connectivity index (χ2v) is 7.00. The molecule has 4 unspecified atom stereocenters. The van der Waals surface area contributed by atoms with Crippen molar-refractivity contribution in [3.8, 4) is 0 Å². The Morgan fingerprint density at radius 2 is 1.24 bits per heavy atom. The van der Waals surface area contributed by atoms with Crippen LogP contribution < -0.4 is 0 Å². The van der Waals surface area contributed by atoms with Gasteiger partial charge in [-0.1, -0.05) is 20.8 Å². The number of hydrogen-bond donors (Lipinski definition) is 0. The highest BCUT2D eigenvalue weighted by Crippen LogP contribution is 2.52. The van der Waals surface area contributed by atoms with Crippen LogP contribution >= 0.6 is 0 Å². The molecule has 0 aromatic carbocycles. The Labute approximate surface area is 128 Å². The van der Waals surface area contributed by atoms with Crippen LogP contribution in [0.15, 0.2) is 0 Å². The minimum Gasteiger partial charge on any atom is -0.466 e. The molecule has 4 nitrogen and oxygen atoms in total. The van der Waals surface area contributed by atoms with Gasteiger partial charge < -0.3 is 9.47 Å². The van der Waals surface area contributed by atoms with Gasteiger partial charge in [0, 0.05) is 25.7 Å². The summed E-state index contributed by atoms with van der Waals surface area (Å²) in [5.41, 5.74) is 0. The lowest BCUT2D eigenvalue weighted by Crippen LogP contribution is -2.31. The maximum absolute atomic E-state index is 10.9. The van der Waals surface area contributed by atoms with E-state index in [2.05, 4.69) is 20.8 Å². The van der Waals surface area contributed by atoms with Crippen LogP contribution in [0.25, 0.3) is 0 Å². The first kappa shape index (κ1) is 18.0. The molecule has 2 rings (SSSR count). The topological polar surface area (TPSA) is 52.6 Å². The molecule has 0 N–H and O–H groups in total. The standard InChI is InChI=1S/C13H20O4.C4H10/c1-8(14)16-6-12-10-3-4-11(5-10)13(12)7-17-9(2)15;1-4(2)3/h10-13H,3-7H2,1-2H3;4H,1-3H3. The first-order valence-electron chi connectivity index (χ1n) is 8.08. The van der Waals surface area contributed by atoms with Crippen LogP contribution in [0.3, 0.4) is 0 Å². The molecule has 0 spiro atoms.